The van der Waals surface area contributed by atoms with E-state index in [4.69, 9.17) is 0 Å². The Morgan fingerprint density at radius 3 is 1.30 bits per heavy atom. The first-order valence-electron chi connectivity index (χ1n) is 16.3. The molecule has 4 aromatic heterocycles. The fourth-order valence-electron chi connectivity index (χ4n) is 2.52. The highest BCUT2D eigenvalue weighted by atomic mass is 15.1. The molecule has 0 amide bonds. The van der Waals surface area contributed by atoms with E-state index in [-0.39, 0.29) is 0 Å². The van der Waals surface area contributed by atoms with E-state index >= 15 is 0 Å². The van der Waals surface area contributed by atoms with Crippen LogP contribution < -0.4 is 0 Å². The Morgan fingerprint density at radius 1 is 0.432 bits per heavy atom. The molecule has 4 heterocycles. The summed E-state index contributed by atoms with van der Waals surface area (Å²) >= 11 is 0. The van der Waals surface area contributed by atoms with E-state index in [9.17, 15) is 0 Å². The van der Waals surface area contributed by atoms with Crippen LogP contribution in [0.5, 0.6) is 0 Å². The van der Waals surface area contributed by atoms with Crippen LogP contribution in [0.15, 0.2) is 74.0 Å². The molecule has 0 aliphatic rings. The molecule has 44 heavy (non-hydrogen) atoms. The van der Waals surface area contributed by atoms with Crippen LogP contribution in [-0.4, -0.2) is 40.3 Å². The summed E-state index contributed by atoms with van der Waals surface area (Å²) in [5, 5.41) is 15.1. The van der Waals surface area contributed by atoms with Gasteiger partial charge in [-0.2, -0.15) is 20.4 Å². The number of hydrogen-bond acceptors (Lipinski definition) is 8. The van der Waals surface area contributed by atoms with E-state index in [2.05, 4.69) is 95.7 Å². The van der Waals surface area contributed by atoms with Crippen molar-refractivity contribution in [3.05, 3.63) is 96.6 Å². The van der Waals surface area contributed by atoms with Crippen LogP contribution >= 0.6 is 0 Å². The number of hydrogen-bond donors (Lipinski definition) is 0. The van der Waals surface area contributed by atoms with Crippen LogP contribution in [0.25, 0.3) is 0 Å². The second kappa shape index (κ2) is 35.5. The van der Waals surface area contributed by atoms with Gasteiger partial charge in [-0.3, -0.25) is 9.97 Å². The van der Waals surface area contributed by atoms with Gasteiger partial charge in [0.1, 0.15) is 6.33 Å². The summed E-state index contributed by atoms with van der Waals surface area (Å²) in [6.45, 7) is 32.9. The van der Waals surface area contributed by atoms with Gasteiger partial charge in [0.15, 0.2) is 0 Å². The lowest BCUT2D eigenvalue weighted by Crippen LogP contribution is -1.92. The predicted molar refractivity (Wildman–Crippen MR) is 190 cm³/mol. The third kappa shape index (κ3) is 27.2. The van der Waals surface area contributed by atoms with Crippen LogP contribution in [0.4, 0.5) is 0 Å². The summed E-state index contributed by atoms with van der Waals surface area (Å²) in [4.78, 5) is 15.9. The minimum atomic E-state index is 0.485. The van der Waals surface area contributed by atoms with Gasteiger partial charge in [-0.15, -0.1) is 0 Å². The topological polar surface area (TPSA) is 103 Å². The first kappa shape index (κ1) is 47.3. The highest BCUT2D eigenvalue weighted by Gasteiger charge is 1.98. The molecule has 4 aromatic rings. The van der Waals surface area contributed by atoms with Crippen molar-refractivity contribution in [2.24, 2.45) is 0 Å². The van der Waals surface area contributed by atoms with Crippen molar-refractivity contribution >= 4 is 0 Å². The Kier molecular flexibility index (Phi) is 38.1. The average molecular weight is 609 g/mol. The van der Waals surface area contributed by atoms with Crippen molar-refractivity contribution in [3.63, 3.8) is 0 Å². The lowest BCUT2D eigenvalue weighted by Gasteiger charge is -2.00. The Labute approximate surface area is 271 Å². The Balaban J connectivity index is -0.000000225. The maximum absolute atomic E-state index is 4.12. The van der Waals surface area contributed by atoms with Crippen molar-refractivity contribution in [3.8, 4) is 0 Å². The zero-order valence-electron chi connectivity index (χ0n) is 30.8. The van der Waals surface area contributed by atoms with Crippen molar-refractivity contribution in [1.29, 1.82) is 0 Å². The summed E-state index contributed by atoms with van der Waals surface area (Å²) in [5.74, 6) is 2.03. The Bertz CT molecular complexity index is 855. The molecule has 0 aromatic carbocycles. The number of aromatic nitrogens is 8. The van der Waals surface area contributed by atoms with Crippen molar-refractivity contribution < 1.29 is 0 Å². The lowest BCUT2D eigenvalue weighted by molar-refractivity contribution is 0.785. The highest BCUT2D eigenvalue weighted by Crippen LogP contribution is 2.10. The SMILES string of the molecule is CC.CC.CC.CC.CC(C)c1cccnn1.CC(C)c1ccncn1.CC(C)c1ccnnc1.CC(C)c1cnccn1. The minimum Gasteiger partial charge on any atom is -0.261 e. The first-order chi connectivity index (χ1) is 21.2. The summed E-state index contributed by atoms with van der Waals surface area (Å²) < 4.78 is 0. The molecule has 0 fully saturated rings. The molecule has 0 aliphatic carbocycles. The molecule has 0 atom stereocenters. The minimum absolute atomic E-state index is 0.485. The van der Waals surface area contributed by atoms with E-state index < -0.39 is 0 Å². The number of rotatable bonds is 4. The van der Waals surface area contributed by atoms with Gasteiger partial charge in [0.05, 0.1) is 17.6 Å². The smallest absolute Gasteiger partial charge is 0.115 e. The Hall–Kier alpha value is -3.68. The quantitative estimate of drug-likeness (QED) is 0.225. The maximum atomic E-state index is 4.12. The predicted octanol–water partition coefficient (Wildman–Crippen LogP) is 10.5. The molecule has 248 valence electrons. The molecule has 0 saturated carbocycles. The van der Waals surface area contributed by atoms with Gasteiger partial charge in [-0.1, -0.05) is 111 Å². The zero-order chi connectivity index (χ0) is 34.8. The van der Waals surface area contributed by atoms with Gasteiger partial charge >= 0.3 is 0 Å². The lowest BCUT2D eigenvalue weighted by atomic mass is 10.1. The maximum Gasteiger partial charge on any atom is 0.115 e. The third-order valence-corrected chi connectivity index (χ3v) is 4.83. The second-order valence-corrected chi connectivity index (χ2v) is 9.21. The van der Waals surface area contributed by atoms with Crippen LogP contribution in [0, 0.1) is 0 Å². The van der Waals surface area contributed by atoms with E-state index in [1.807, 2.05) is 79.7 Å². The monoisotopic (exact) mass is 609 g/mol. The molecular weight excluding hydrogens is 544 g/mol. The van der Waals surface area contributed by atoms with Gasteiger partial charge in [0.25, 0.3) is 0 Å². The molecule has 0 bridgehead atoms. The molecule has 8 nitrogen and oxygen atoms in total. The third-order valence-electron chi connectivity index (χ3n) is 4.83. The van der Waals surface area contributed by atoms with Gasteiger partial charge in [-0.05, 0) is 53.5 Å². The van der Waals surface area contributed by atoms with E-state index in [1.165, 1.54) is 5.56 Å². The number of nitrogens with zero attached hydrogens (tertiary/aromatic N) is 8. The molecular formula is C36H64N8. The average Bonchev–Trinajstić information content (AvgIpc) is 3.11. The molecule has 4 rings (SSSR count). The largest absolute Gasteiger partial charge is 0.261 e. The second-order valence-electron chi connectivity index (χ2n) is 9.21. The molecule has 0 unspecified atom stereocenters. The van der Waals surface area contributed by atoms with Gasteiger partial charge < -0.3 is 0 Å². The standard InChI is InChI=1S/4C7H10N2.4C2H6/c1-6(2)7-5-8-3-4-9-7;1-6(2)7-3-4-8-5-9-7;1-6(2)7-3-4-8-9-5-7;1-6(2)7-4-3-5-8-9-7;4*1-2/h4*3-6H,1-2H3;4*1-2H3. The van der Waals surface area contributed by atoms with Crippen LogP contribution in [0.2, 0.25) is 0 Å². The van der Waals surface area contributed by atoms with E-state index in [1.54, 1.807) is 49.7 Å². The first-order valence-corrected chi connectivity index (χ1v) is 16.3. The molecule has 0 aliphatic heterocycles. The van der Waals surface area contributed by atoms with E-state index in [0.29, 0.717) is 23.7 Å². The summed E-state index contributed by atoms with van der Waals surface area (Å²) in [5.41, 5.74) is 4.45. The zero-order valence-corrected chi connectivity index (χ0v) is 30.8. The van der Waals surface area contributed by atoms with Gasteiger partial charge in [-0.25, -0.2) is 9.97 Å². The van der Waals surface area contributed by atoms with Crippen molar-refractivity contribution in [1.82, 2.24) is 40.3 Å². The molecule has 0 saturated heterocycles. The fraction of sp³-hybridized carbons (Fsp3) is 0.556. The van der Waals surface area contributed by atoms with Crippen LogP contribution in [0.1, 0.15) is 157 Å². The molecule has 8 heteroatoms. The normalized spacial score (nSPS) is 8.82. The van der Waals surface area contributed by atoms with E-state index in [0.717, 1.165) is 17.1 Å². The summed E-state index contributed by atoms with van der Waals surface area (Å²) in [7, 11) is 0. The fourth-order valence-corrected chi connectivity index (χ4v) is 2.52. The van der Waals surface area contributed by atoms with Gasteiger partial charge in [0, 0.05) is 42.9 Å². The van der Waals surface area contributed by atoms with Crippen LogP contribution in [0.3, 0.4) is 0 Å². The highest BCUT2D eigenvalue weighted by molar-refractivity contribution is 5.09. The van der Waals surface area contributed by atoms with Crippen molar-refractivity contribution in [2.45, 2.75) is 134 Å². The Morgan fingerprint density at radius 2 is 1.02 bits per heavy atom. The summed E-state index contributed by atoms with van der Waals surface area (Å²) in [6.07, 6.45) is 13.7. The van der Waals surface area contributed by atoms with Crippen molar-refractivity contribution in [2.75, 3.05) is 0 Å². The molecule has 0 spiro atoms. The summed E-state index contributed by atoms with van der Waals surface area (Å²) in [6, 6.07) is 7.81. The molecule has 0 N–H and O–H groups in total. The van der Waals surface area contributed by atoms with Gasteiger partial charge in [0.2, 0.25) is 0 Å². The molecule has 0 radical (unpaired) electrons. The van der Waals surface area contributed by atoms with Crippen LogP contribution in [-0.2, 0) is 0 Å².